The molecule has 0 spiro atoms. The van der Waals surface area contributed by atoms with Gasteiger partial charge in [-0.2, -0.15) is 0 Å². The number of nitrogens with zero attached hydrogens (tertiary/aromatic N) is 1. The molecule has 32 heavy (non-hydrogen) atoms. The maximum atomic E-state index is 13.4. The van der Waals surface area contributed by atoms with Gasteiger partial charge >= 0.3 is 10.2 Å². The molecule has 174 valence electrons. The molecule has 0 bridgehead atoms. The van der Waals surface area contributed by atoms with E-state index in [4.69, 9.17) is 0 Å². The van der Waals surface area contributed by atoms with E-state index in [1.807, 2.05) is 5.32 Å². The van der Waals surface area contributed by atoms with Crippen LogP contribution in [0.4, 0.5) is 25.1 Å². The van der Waals surface area contributed by atoms with Crippen LogP contribution in [-0.2, 0) is 10.0 Å². The van der Waals surface area contributed by atoms with Crippen molar-refractivity contribution in [3.05, 3.63) is 52.6 Å². The molecule has 0 saturated carbocycles. The van der Waals surface area contributed by atoms with Crippen molar-refractivity contribution in [3.63, 3.8) is 0 Å². The Labute approximate surface area is 186 Å². The molecule has 0 aliphatic heterocycles. The molecule has 0 unspecified atom stereocenters. The van der Waals surface area contributed by atoms with Crippen molar-refractivity contribution in [2.75, 3.05) is 11.8 Å². The van der Waals surface area contributed by atoms with Crippen LogP contribution in [0.1, 0.15) is 10.4 Å². The number of pyridine rings is 1. The monoisotopic (exact) mass is 561 g/mol. The van der Waals surface area contributed by atoms with Gasteiger partial charge in [-0.25, -0.2) is 8.42 Å². The number of fused-ring (bicyclic) bond motifs is 1. The molecule has 0 fully saturated rings. The highest BCUT2D eigenvalue weighted by atomic mass is 79.9. The normalized spacial score (nSPS) is 14.5. The molecule has 2 aromatic carbocycles. The molecule has 1 amide bonds. The first-order chi connectivity index (χ1) is 14.4. The van der Waals surface area contributed by atoms with E-state index >= 15 is 0 Å². The molecule has 0 aliphatic carbocycles. The summed E-state index contributed by atoms with van der Waals surface area (Å²) in [6.07, 6.45) is 1.27. The molecule has 0 aliphatic rings. The summed E-state index contributed by atoms with van der Waals surface area (Å²) in [7, 11) is -14.1. The Morgan fingerprint density at radius 3 is 2.38 bits per heavy atom. The lowest BCUT2D eigenvalue weighted by Gasteiger charge is -2.41. The summed E-state index contributed by atoms with van der Waals surface area (Å²) in [6, 6.07) is 5.12. The van der Waals surface area contributed by atoms with Crippen LogP contribution >= 0.6 is 26.2 Å². The van der Waals surface area contributed by atoms with Gasteiger partial charge in [0.1, 0.15) is 9.79 Å². The van der Waals surface area contributed by atoms with Crippen LogP contribution in [0.15, 0.2) is 56.9 Å². The third-order valence-electron chi connectivity index (χ3n) is 4.17. The molecule has 1 aromatic heterocycles. The van der Waals surface area contributed by atoms with Gasteiger partial charge in [0.05, 0.1) is 16.8 Å². The van der Waals surface area contributed by atoms with Crippen molar-refractivity contribution in [2.24, 2.45) is 0 Å². The zero-order chi connectivity index (χ0) is 24.2. The number of carbonyl (C=O) groups excluding carboxylic acids is 1. The number of benzene rings is 2. The number of rotatable bonds is 5. The van der Waals surface area contributed by atoms with Gasteiger partial charge < -0.3 is 10.4 Å². The summed E-state index contributed by atoms with van der Waals surface area (Å²) in [5.41, 5.74) is -2.54. The minimum Gasteiger partial charge on any atom is -0.505 e. The fourth-order valence-electron chi connectivity index (χ4n) is 2.74. The standard InChI is InChI=1S/C17H13BrF5N3O4S2/c1-24-17(28)12-7-11(32(19,20,21,22)23)8-13(16(12)27)26-31(29,30)14-6-10(18)5-9-3-2-4-25-15(9)14/h2-8,26-27H,1H3,(H,24,28). The molecule has 0 radical (unpaired) electrons. The maximum absolute atomic E-state index is 13.4. The zero-order valence-corrected chi connectivity index (χ0v) is 19.0. The van der Waals surface area contributed by atoms with E-state index < -0.39 is 52.9 Å². The maximum Gasteiger partial charge on any atom is 0.310 e. The number of hydrogen-bond donors (Lipinski definition) is 3. The van der Waals surface area contributed by atoms with Gasteiger partial charge in [-0.15, -0.1) is 0 Å². The number of aromatic hydroxyl groups is 1. The van der Waals surface area contributed by atoms with E-state index in [1.165, 1.54) is 24.4 Å². The van der Waals surface area contributed by atoms with E-state index in [0.717, 1.165) is 13.1 Å². The first kappa shape index (κ1) is 24.0. The predicted molar refractivity (Wildman–Crippen MR) is 113 cm³/mol. The molecule has 1 heterocycles. The summed E-state index contributed by atoms with van der Waals surface area (Å²) >= 11 is 3.10. The molecular formula is C17H13BrF5N3O4S2. The minimum absolute atomic E-state index is 0.0712. The van der Waals surface area contributed by atoms with Crippen LogP contribution in [-0.4, -0.2) is 31.5 Å². The van der Waals surface area contributed by atoms with Crippen LogP contribution in [0.5, 0.6) is 5.75 Å². The number of phenols is 1. The lowest BCUT2D eigenvalue weighted by atomic mass is 10.1. The second-order valence-electron chi connectivity index (χ2n) is 6.50. The third kappa shape index (κ3) is 4.73. The number of nitrogens with one attached hydrogen (secondary N) is 2. The Bertz CT molecular complexity index is 1380. The number of aromatic nitrogens is 1. The number of hydrogen-bond acceptors (Lipinski definition) is 5. The average Bonchev–Trinajstić information content (AvgIpc) is 2.66. The van der Waals surface area contributed by atoms with E-state index in [1.54, 1.807) is 4.72 Å². The van der Waals surface area contributed by atoms with E-state index in [-0.39, 0.29) is 22.1 Å². The second kappa shape index (κ2) is 6.92. The van der Waals surface area contributed by atoms with Crippen molar-refractivity contribution in [2.45, 2.75) is 9.79 Å². The number of sulfonamides is 1. The minimum atomic E-state index is -10.4. The van der Waals surface area contributed by atoms with Crippen LogP contribution in [0.3, 0.4) is 0 Å². The molecule has 15 heteroatoms. The van der Waals surface area contributed by atoms with Crippen molar-refractivity contribution in [1.29, 1.82) is 0 Å². The first-order valence-electron chi connectivity index (χ1n) is 8.33. The molecule has 0 atom stereocenters. The first-order valence-corrected chi connectivity index (χ1v) is 12.6. The fourth-order valence-corrected chi connectivity index (χ4v) is 5.32. The molecule has 3 rings (SSSR count). The smallest absolute Gasteiger partial charge is 0.310 e. The van der Waals surface area contributed by atoms with Gasteiger partial charge in [-0.05, 0) is 30.3 Å². The average molecular weight is 562 g/mol. The summed E-state index contributed by atoms with van der Waals surface area (Å²) in [5, 5.41) is 12.4. The van der Waals surface area contributed by atoms with Gasteiger partial charge in [-0.3, -0.25) is 14.5 Å². The molecule has 7 nitrogen and oxygen atoms in total. The Hall–Kier alpha value is -2.65. The topological polar surface area (TPSA) is 108 Å². The molecule has 0 saturated heterocycles. The van der Waals surface area contributed by atoms with E-state index in [2.05, 4.69) is 20.9 Å². The largest absolute Gasteiger partial charge is 0.505 e. The lowest BCUT2D eigenvalue weighted by Crippen LogP contribution is -2.21. The van der Waals surface area contributed by atoms with E-state index in [9.17, 15) is 37.7 Å². The third-order valence-corrected chi connectivity index (χ3v) is 7.13. The van der Waals surface area contributed by atoms with Crippen molar-refractivity contribution >= 4 is 58.7 Å². The summed E-state index contributed by atoms with van der Waals surface area (Å²) < 4.78 is 94.9. The zero-order valence-electron chi connectivity index (χ0n) is 15.7. The highest BCUT2D eigenvalue weighted by Crippen LogP contribution is 3.02. The predicted octanol–water partition coefficient (Wildman–Crippen LogP) is 5.52. The van der Waals surface area contributed by atoms with Crippen molar-refractivity contribution in [3.8, 4) is 5.75 Å². The van der Waals surface area contributed by atoms with Crippen molar-refractivity contribution < 1.29 is 37.7 Å². The second-order valence-corrected chi connectivity index (χ2v) is 11.5. The number of carbonyl (C=O) groups is 1. The van der Waals surface area contributed by atoms with Crippen molar-refractivity contribution in [1.82, 2.24) is 10.3 Å². The van der Waals surface area contributed by atoms with Gasteiger partial charge in [0.25, 0.3) is 15.9 Å². The van der Waals surface area contributed by atoms with Gasteiger partial charge in [0.2, 0.25) is 0 Å². The summed E-state index contributed by atoms with van der Waals surface area (Å²) in [5.74, 6) is -2.62. The van der Waals surface area contributed by atoms with E-state index in [0.29, 0.717) is 5.39 Å². The number of anilines is 1. The fraction of sp³-hybridized carbons (Fsp3) is 0.0588. The Balaban J connectivity index is 2.26. The molecule has 3 N–H and O–H groups in total. The Morgan fingerprint density at radius 2 is 1.78 bits per heavy atom. The Kier molecular flexibility index (Phi) is 5.19. The van der Waals surface area contributed by atoms with Gasteiger partial charge in [0.15, 0.2) is 5.75 Å². The quantitative estimate of drug-likeness (QED) is 0.281. The van der Waals surface area contributed by atoms with Gasteiger partial charge in [-0.1, -0.05) is 41.4 Å². The number of amides is 1. The SMILES string of the molecule is CNC(=O)c1cc(S(F)(F)(F)(F)F)cc(NS(=O)(=O)c2cc(Br)cc3cccnc23)c1O. The van der Waals surface area contributed by atoms with Crippen LogP contribution < -0.4 is 10.0 Å². The molecular weight excluding hydrogens is 549 g/mol. The van der Waals surface area contributed by atoms with Crippen LogP contribution in [0.25, 0.3) is 10.9 Å². The highest BCUT2D eigenvalue weighted by Gasteiger charge is 2.66. The van der Waals surface area contributed by atoms with Crippen LogP contribution in [0, 0.1) is 0 Å². The number of phenolic OH excluding ortho intramolecular Hbond substituents is 1. The Morgan fingerprint density at radius 1 is 1.12 bits per heavy atom. The van der Waals surface area contributed by atoms with Crippen LogP contribution in [0.2, 0.25) is 0 Å². The summed E-state index contributed by atoms with van der Waals surface area (Å²) in [6.45, 7) is 0. The summed E-state index contributed by atoms with van der Waals surface area (Å²) in [4.78, 5) is 12.7. The molecule has 3 aromatic rings. The highest BCUT2D eigenvalue weighted by molar-refractivity contribution is 9.10. The lowest BCUT2D eigenvalue weighted by molar-refractivity contribution is 0.0960. The number of halogens is 6. The van der Waals surface area contributed by atoms with Gasteiger partial charge in [0, 0.05) is 23.1 Å².